The summed E-state index contributed by atoms with van der Waals surface area (Å²) in [6, 6.07) is 3.99. The monoisotopic (exact) mass is 220 g/mol. The SMILES string of the molecule is CC1(C)CN(Cc2cccnn2)CCCN1. The summed E-state index contributed by atoms with van der Waals surface area (Å²) in [6.07, 6.45) is 2.92. The second-order valence-electron chi connectivity index (χ2n) is 5.09. The summed E-state index contributed by atoms with van der Waals surface area (Å²) in [6.45, 7) is 8.70. The number of nitrogens with one attached hydrogen (secondary N) is 1. The Morgan fingerprint density at radius 3 is 3.12 bits per heavy atom. The lowest BCUT2D eigenvalue weighted by molar-refractivity contribution is 0.221. The van der Waals surface area contributed by atoms with E-state index in [-0.39, 0.29) is 5.54 Å². The minimum atomic E-state index is 0.193. The standard InChI is InChI=1S/C12H20N4/c1-12(2)10-16(8-4-6-13-12)9-11-5-3-7-14-15-11/h3,5,7,13H,4,6,8-10H2,1-2H3. The van der Waals surface area contributed by atoms with Crippen LogP contribution >= 0.6 is 0 Å². The van der Waals surface area contributed by atoms with E-state index in [1.165, 1.54) is 6.42 Å². The van der Waals surface area contributed by atoms with Gasteiger partial charge in [0.2, 0.25) is 0 Å². The second kappa shape index (κ2) is 4.89. The van der Waals surface area contributed by atoms with Crippen molar-refractivity contribution in [2.75, 3.05) is 19.6 Å². The molecule has 1 aliphatic rings. The Kier molecular flexibility index (Phi) is 3.51. The second-order valence-corrected chi connectivity index (χ2v) is 5.09. The molecule has 1 aromatic heterocycles. The summed E-state index contributed by atoms with van der Waals surface area (Å²) >= 11 is 0. The van der Waals surface area contributed by atoms with Gasteiger partial charge in [-0.2, -0.15) is 10.2 Å². The number of rotatable bonds is 2. The highest BCUT2D eigenvalue weighted by Gasteiger charge is 2.23. The van der Waals surface area contributed by atoms with Crippen LogP contribution in [0.5, 0.6) is 0 Å². The molecule has 0 spiro atoms. The summed E-state index contributed by atoms with van der Waals surface area (Å²) in [7, 11) is 0. The normalized spacial score (nSPS) is 21.6. The molecule has 0 amide bonds. The molecule has 0 atom stereocenters. The maximum Gasteiger partial charge on any atom is 0.0771 e. The van der Waals surface area contributed by atoms with E-state index in [0.29, 0.717) is 0 Å². The molecule has 1 saturated heterocycles. The van der Waals surface area contributed by atoms with E-state index in [1.807, 2.05) is 12.1 Å². The topological polar surface area (TPSA) is 41.1 Å². The molecular weight excluding hydrogens is 200 g/mol. The van der Waals surface area contributed by atoms with Gasteiger partial charge in [0.05, 0.1) is 5.69 Å². The molecular formula is C12H20N4. The number of aromatic nitrogens is 2. The first-order chi connectivity index (χ1) is 7.66. The van der Waals surface area contributed by atoms with Gasteiger partial charge in [-0.15, -0.1) is 0 Å². The van der Waals surface area contributed by atoms with Crippen molar-refractivity contribution < 1.29 is 0 Å². The van der Waals surface area contributed by atoms with Crippen LogP contribution in [0.4, 0.5) is 0 Å². The minimum Gasteiger partial charge on any atom is -0.310 e. The molecule has 0 saturated carbocycles. The van der Waals surface area contributed by atoms with Gasteiger partial charge in [-0.25, -0.2) is 0 Å². The highest BCUT2D eigenvalue weighted by molar-refractivity contribution is 4.99. The summed E-state index contributed by atoms with van der Waals surface area (Å²) in [5, 5.41) is 11.6. The Bertz CT molecular complexity index is 323. The quantitative estimate of drug-likeness (QED) is 0.809. The summed E-state index contributed by atoms with van der Waals surface area (Å²) in [4.78, 5) is 2.45. The predicted molar refractivity (Wildman–Crippen MR) is 64.0 cm³/mol. The molecule has 4 nitrogen and oxygen atoms in total. The van der Waals surface area contributed by atoms with Gasteiger partial charge in [-0.3, -0.25) is 4.90 Å². The van der Waals surface area contributed by atoms with Crippen molar-refractivity contribution in [3.05, 3.63) is 24.0 Å². The van der Waals surface area contributed by atoms with E-state index >= 15 is 0 Å². The molecule has 1 aliphatic heterocycles. The van der Waals surface area contributed by atoms with Crippen LogP contribution in [-0.4, -0.2) is 40.3 Å². The fourth-order valence-corrected chi connectivity index (χ4v) is 2.21. The van der Waals surface area contributed by atoms with Crippen LogP contribution in [0.2, 0.25) is 0 Å². The number of hydrogen-bond donors (Lipinski definition) is 1. The Labute approximate surface area is 97.1 Å². The average Bonchev–Trinajstić information content (AvgIpc) is 2.40. The minimum absolute atomic E-state index is 0.193. The molecule has 1 N–H and O–H groups in total. The lowest BCUT2D eigenvalue weighted by Crippen LogP contribution is -2.46. The third kappa shape index (κ3) is 3.25. The molecule has 88 valence electrons. The molecule has 16 heavy (non-hydrogen) atoms. The maximum atomic E-state index is 4.14. The smallest absolute Gasteiger partial charge is 0.0771 e. The van der Waals surface area contributed by atoms with Crippen LogP contribution in [0.1, 0.15) is 26.0 Å². The zero-order valence-corrected chi connectivity index (χ0v) is 10.1. The number of hydrogen-bond acceptors (Lipinski definition) is 4. The summed E-state index contributed by atoms with van der Waals surface area (Å²) in [5.74, 6) is 0. The van der Waals surface area contributed by atoms with E-state index in [4.69, 9.17) is 0 Å². The van der Waals surface area contributed by atoms with Crippen LogP contribution in [-0.2, 0) is 6.54 Å². The Morgan fingerprint density at radius 1 is 1.50 bits per heavy atom. The van der Waals surface area contributed by atoms with E-state index in [2.05, 4.69) is 34.3 Å². The third-order valence-electron chi connectivity index (χ3n) is 2.89. The van der Waals surface area contributed by atoms with E-state index in [1.54, 1.807) is 6.20 Å². The van der Waals surface area contributed by atoms with Crippen molar-refractivity contribution in [2.24, 2.45) is 0 Å². The molecule has 2 heterocycles. The van der Waals surface area contributed by atoms with E-state index in [0.717, 1.165) is 31.9 Å². The fourth-order valence-electron chi connectivity index (χ4n) is 2.21. The van der Waals surface area contributed by atoms with Gasteiger partial charge in [0, 0.05) is 24.8 Å². The van der Waals surface area contributed by atoms with Gasteiger partial charge >= 0.3 is 0 Å². The van der Waals surface area contributed by atoms with E-state index < -0.39 is 0 Å². The van der Waals surface area contributed by atoms with Crippen LogP contribution < -0.4 is 5.32 Å². The van der Waals surface area contributed by atoms with Gasteiger partial charge in [0.1, 0.15) is 0 Å². The Hall–Kier alpha value is -1.00. The molecule has 0 aromatic carbocycles. The van der Waals surface area contributed by atoms with Gasteiger partial charge < -0.3 is 5.32 Å². The van der Waals surface area contributed by atoms with Gasteiger partial charge in [0.25, 0.3) is 0 Å². The lowest BCUT2D eigenvalue weighted by atomic mass is 10.1. The zero-order valence-electron chi connectivity index (χ0n) is 10.1. The molecule has 1 aromatic rings. The largest absolute Gasteiger partial charge is 0.310 e. The van der Waals surface area contributed by atoms with Crippen molar-refractivity contribution >= 4 is 0 Å². The van der Waals surface area contributed by atoms with Crippen LogP contribution in [0.3, 0.4) is 0 Å². The molecule has 0 unspecified atom stereocenters. The highest BCUT2D eigenvalue weighted by Crippen LogP contribution is 2.12. The maximum absolute atomic E-state index is 4.14. The first-order valence-electron chi connectivity index (χ1n) is 5.90. The van der Waals surface area contributed by atoms with Crippen molar-refractivity contribution in [3.63, 3.8) is 0 Å². The molecule has 0 bridgehead atoms. The van der Waals surface area contributed by atoms with Crippen molar-refractivity contribution in [1.82, 2.24) is 20.4 Å². The average molecular weight is 220 g/mol. The molecule has 1 fully saturated rings. The van der Waals surface area contributed by atoms with Crippen molar-refractivity contribution in [2.45, 2.75) is 32.4 Å². The van der Waals surface area contributed by atoms with Crippen LogP contribution in [0.15, 0.2) is 18.3 Å². The Morgan fingerprint density at radius 2 is 2.38 bits per heavy atom. The lowest BCUT2D eigenvalue weighted by Gasteiger charge is -2.29. The van der Waals surface area contributed by atoms with Gasteiger partial charge in [0.15, 0.2) is 0 Å². The summed E-state index contributed by atoms with van der Waals surface area (Å²) in [5.41, 5.74) is 1.25. The van der Waals surface area contributed by atoms with Gasteiger partial charge in [-0.1, -0.05) is 0 Å². The highest BCUT2D eigenvalue weighted by atomic mass is 15.2. The third-order valence-corrected chi connectivity index (χ3v) is 2.89. The van der Waals surface area contributed by atoms with Crippen molar-refractivity contribution in [3.8, 4) is 0 Å². The Balaban J connectivity index is 1.98. The first-order valence-corrected chi connectivity index (χ1v) is 5.90. The zero-order chi connectivity index (χ0) is 11.4. The van der Waals surface area contributed by atoms with Crippen LogP contribution in [0, 0.1) is 0 Å². The summed E-state index contributed by atoms with van der Waals surface area (Å²) < 4.78 is 0. The molecule has 2 rings (SSSR count). The number of nitrogens with zero attached hydrogens (tertiary/aromatic N) is 3. The van der Waals surface area contributed by atoms with Gasteiger partial charge in [-0.05, 0) is 45.5 Å². The molecule has 0 aliphatic carbocycles. The van der Waals surface area contributed by atoms with E-state index in [9.17, 15) is 0 Å². The molecule has 4 heteroatoms. The van der Waals surface area contributed by atoms with Crippen LogP contribution in [0.25, 0.3) is 0 Å². The van der Waals surface area contributed by atoms with Crippen molar-refractivity contribution in [1.29, 1.82) is 0 Å². The fraction of sp³-hybridized carbons (Fsp3) is 0.667. The molecule has 0 radical (unpaired) electrons. The predicted octanol–water partition coefficient (Wildman–Crippen LogP) is 1.05. The first kappa shape index (κ1) is 11.5.